The van der Waals surface area contributed by atoms with Crippen LogP contribution in [0.4, 0.5) is 11.5 Å². The highest BCUT2D eigenvalue weighted by atomic mass is 15.2. The van der Waals surface area contributed by atoms with Gasteiger partial charge in [0.15, 0.2) is 0 Å². The van der Waals surface area contributed by atoms with Crippen LogP contribution in [-0.4, -0.2) is 31.7 Å². The molecule has 4 N–H and O–H groups in total. The summed E-state index contributed by atoms with van der Waals surface area (Å²) < 4.78 is 0. The average molecular weight is 255 g/mol. The molecule has 0 unspecified atom stereocenters. The first-order chi connectivity index (χ1) is 9.33. The molecule has 19 heavy (non-hydrogen) atoms. The van der Waals surface area contributed by atoms with E-state index in [1.54, 1.807) is 0 Å². The first-order valence-corrected chi connectivity index (χ1v) is 5.91. The van der Waals surface area contributed by atoms with Gasteiger partial charge in [0.05, 0.1) is 5.52 Å². The molecule has 0 aliphatic rings. The first-order valence-electron chi connectivity index (χ1n) is 5.91. The van der Waals surface area contributed by atoms with Crippen LogP contribution < -0.4 is 11.1 Å². The Bertz CT molecular complexity index is 678. The molecule has 0 fully saturated rings. The number of fused-ring (bicyclic) bond motifs is 1. The van der Waals surface area contributed by atoms with Crippen molar-refractivity contribution in [1.29, 1.82) is 0 Å². The van der Waals surface area contributed by atoms with Crippen molar-refractivity contribution in [3.63, 3.8) is 0 Å². The number of nitrogen functional groups attached to an aromatic ring is 1. The Morgan fingerprint density at radius 3 is 2.95 bits per heavy atom. The lowest BCUT2D eigenvalue weighted by molar-refractivity contribution is 0.897. The largest absolute Gasteiger partial charge is 0.399 e. The number of aromatic nitrogens is 5. The maximum absolute atomic E-state index is 5.74. The van der Waals surface area contributed by atoms with E-state index < -0.39 is 0 Å². The van der Waals surface area contributed by atoms with Crippen molar-refractivity contribution in [2.75, 3.05) is 17.6 Å². The highest BCUT2D eigenvalue weighted by molar-refractivity contribution is 5.90. The molecule has 2 heterocycles. The van der Waals surface area contributed by atoms with E-state index in [0.29, 0.717) is 12.2 Å². The highest BCUT2D eigenvalue weighted by Crippen LogP contribution is 2.20. The van der Waals surface area contributed by atoms with Crippen molar-refractivity contribution in [2.45, 2.75) is 6.42 Å². The lowest BCUT2D eigenvalue weighted by atomic mass is 10.2. The third kappa shape index (κ3) is 2.44. The normalized spacial score (nSPS) is 10.7. The number of aromatic amines is 1. The summed E-state index contributed by atoms with van der Waals surface area (Å²) in [4.78, 5) is 12.5. The van der Waals surface area contributed by atoms with Gasteiger partial charge in [-0.3, -0.25) is 5.10 Å². The molecule has 0 aliphatic heterocycles. The van der Waals surface area contributed by atoms with Crippen molar-refractivity contribution in [1.82, 2.24) is 25.1 Å². The minimum absolute atomic E-state index is 0.693. The molecule has 0 saturated carbocycles. The molecular weight excluding hydrogens is 242 g/mol. The van der Waals surface area contributed by atoms with Gasteiger partial charge in [-0.15, -0.1) is 0 Å². The van der Waals surface area contributed by atoms with Gasteiger partial charge < -0.3 is 11.1 Å². The molecule has 0 atom stereocenters. The molecule has 96 valence electrons. The molecule has 1 aromatic carbocycles. The average Bonchev–Trinajstić information content (AvgIpc) is 2.92. The van der Waals surface area contributed by atoms with Gasteiger partial charge >= 0.3 is 0 Å². The summed E-state index contributed by atoms with van der Waals surface area (Å²) in [5.41, 5.74) is 7.26. The molecule has 3 rings (SSSR count). The molecule has 0 aliphatic carbocycles. The number of nitrogens with zero attached hydrogens (tertiary/aromatic N) is 4. The fraction of sp³-hybridized carbons (Fsp3) is 0.167. The molecule has 0 bridgehead atoms. The van der Waals surface area contributed by atoms with Gasteiger partial charge in [0.25, 0.3) is 0 Å². The van der Waals surface area contributed by atoms with Crippen molar-refractivity contribution in [3.05, 3.63) is 36.7 Å². The number of rotatable bonds is 4. The van der Waals surface area contributed by atoms with Gasteiger partial charge in [0, 0.05) is 24.0 Å². The predicted molar refractivity (Wildman–Crippen MR) is 72.5 cm³/mol. The van der Waals surface area contributed by atoms with E-state index >= 15 is 0 Å². The minimum atomic E-state index is 0.693. The van der Waals surface area contributed by atoms with Crippen LogP contribution in [0.2, 0.25) is 0 Å². The number of benzene rings is 1. The Balaban J connectivity index is 1.77. The van der Waals surface area contributed by atoms with Crippen LogP contribution in [0.25, 0.3) is 10.9 Å². The van der Waals surface area contributed by atoms with E-state index in [4.69, 9.17) is 5.73 Å². The molecule has 0 amide bonds. The van der Waals surface area contributed by atoms with Crippen LogP contribution in [0.15, 0.2) is 30.9 Å². The zero-order valence-electron chi connectivity index (χ0n) is 10.2. The zero-order valence-corrected chi connectivity index (χ0v) is 10.2. The lowest BCUT2D eigenvalue weighted by Gasteiger charge is -2.07. The Hall–Kier alpha value is -2.70. The van der Waals surface area contributed by atoms with Crippen molar-refractivity contribution in [2.24, 2.45) is 0 Å². The quantitative estimate of drug-likeness (QED) is 0.600. The summed E-state index contributed by atoms with van der Waals surface area (Å²) >= 11 is 0. The van der Waals surface area contributed by atoms with E-state index in [0.717, 1.165) is 29.0 Å². The van der Waals surface area contributed by atoms with E-state index in [-0.39, 0.29) is 0 Å². The highest BCUT2D eigenvalue weighted by Gasteiger charge is 2.03. The molecule has 0 radical (unpaired) electrons. The van der Waals surface area contributed by atoms with Crippen LogP contribution in [0.1, 0.15) is 5.82 Å². The second kappa shape index (κ2) is 4.89. The first kappa shape index (κ1) is 11.4. The van der Waals surface area contributed by atoms with E-state index in [1.165, 1.54) is 12.7 Å². The smallest absolute Gasteiger partial charge is 0.137 e. The summed E-state index contributed by atoms with van der Waals surface area (Å²) in [6.45, 7) is 0.714. The standard InChI is InChI=1S/C12H13N7/c13-8-1-2-9-10(5-8)15-6-17-12(9)14-4-3-11-16-7-18-19-11/h1-2,5-7H,3-4,13H2,(H,14,15,17)(H,16,18,19). The topological polar surface area (TPSA) is 105 Å². The van der Waals surface area contributed by atoms with E-state index in [9.17, 15) is 0 Å². The SMILES string of the molecule is Nc1ccc2c(NCCc3ncn[nH]3)ncnc2c1. The molecule has 0 spiro atoms. The van der Waals surface area contributed by atoms with Gasteiger partial charge in [-0.2, -0.15) is 5.10 Å². The van der Waals surface area contributed by atoms with E-state index in [1.807, 2.05) is 18.2 Å². The second-order valence-electron chi connectivity index (χ2n) is 4.11. The number of nitrogens with two attached hydrogens (primary N) is 1. The fourth-order valence-corrected chi connectivity index (χ4v) is 1.87. The van der Waals surface area contributed by atoms with Crippen molar-refractivity contribution >= 4 is 22.4 Å². The van der Waals surface area contributed by atoms with Crippen LogP contribution in [-0.2, 0) is 6.42 Å². The van der Waals surface area contributed by atoms with Gasteiger partial charge in [-0.25, -0.2) is 15.0 Å². The maximum Gasteiger partial charge on any atom is 0.137 e. The summed E-state index contributed by atoms with van der Waals surface area (Å²) in [5.74, 6) is 1.64. The molecule has 7 nitrogen and oxygen atoms in total. The van der Waals surface area contributed by atoms with Crippen LogP contribution in [0.5, 0.6) is 0 Å². The van der Waals surface area contributed by atoms with Gasteiger partial charge in [-0.05, 0) is 18.2 Å². The Labute approximate surface area is 109 Å². The Morgan fingerprint density at radius 1 is 1.16 bits per heavy atom. The molecular formula is C12H13N7. The minimum Gasteiger partial charge on any atom is -0.399 e. The summed E-state index contributed by atoms with van der Waals surface area (Å²) in [6, 6.07) is 5.59. The third-order valence-electron chi connectivity index (χ3n) is 2.78. The number of anilines is 2. The zero-order chi connectivity index (χ0) is 13.1. The van der Waals surface area contributed by atoms with Crippen LogP contribution in [0, 0.1) is 0 Å². The van der Waals surface area contributed by atoms with Gasteiger partial charge in [-0.1, -0.05) is 0 Å². The molecule has 3 aromatic rings. The number of hydrogen-bond donors (Lipinski definition) is 3. The van der Waals surface area contributed by atoms with Crippen LogP contribution >= 0.6 is 0 Å². The third-order valence-corrected chi connectivity index (χ3v) is 2.78. The van der Waals surface area contributed by atoms with Crippen molar-refractivity contribution < 1.29 is 0 Å². The lowest BCUT2D eigenvalue weighted by Crippen LogP contribution is -2.08. The number of hydrogen-bond acceptors (Lipinski definition) is 6. The van der Waals surface area contributed by atoms with Gasteiger partial charge in [0.1, 0.15) is 24.3 Å². The fourth-order valence-electron chi connectivity index (χ4n) is 1.87. The van der Waals surface area contributed by atoms with Gasteiger partial charge in [0.2, 0.25) is 0 Å². The summed E-state index contributed by atoms with van der Waals surface area (Å²) in [5, 5.41) is 10.8. The molecule has 7 heteroatoms. The second-order valence-corrected chi connectivity index (χ2v) is 4.11. The monoisotopic (exact) mass is 255 g/mol. The summed E-state index contributed by atoms with van der Waals surface area (Å²) in [6.07, 6.45) is 3.78. The maximum atomic E-state index is 5.74. The molecule has 2 aromatic heterocycles. The number of nitrogens with one attached hydrogen (secondary N) is 2. The predicted octanol–water partition coefficient (Wildman–Crippen LogP) is 0.985. The van der Waals surface area contributed by atoms with Crippen molar-refractivity contribution in [3.8, 4) is 0 Å². The molecule has 0 saturated heterocycles. The Morgan fingerprint density at radius 2 is 2.11 bits per heavy atom. The Kier molecular flexibility index (Phi) is 2.93. The number of H-pyrrole nitrogens is 1. The summed E-state index contributed by atoms with van der Waals surface area (Å²) in [7, 11) is 0. The van der Waals surface area contributed by atoms with E-state index in [2.05, 4.69) is 30.5 Å². The van der Waals surface area contributed by atoms with Crippen LogP contribution in [0.3, 0.4) is 0 Å².